The van der Waals surface area contributed by atoms with Gasteiger partial charge in [-0.1, -0.05) is 12.6 Å². The fourth-order valence-corrected chi connectivity index (χ4v) is 3.23. The van der Waals surface area contributed by atoms with Gasteiger partial charge in [0.1, 0.15) is 23.1 Å². The summed E-state index contributed by atoms with van der Waals surface area (Å²) in [7, 11) is 0. The predicted molar refractivity (Wildman–Crippen MR) is 118 cm³/mol. The molecule has 0 saturated heterocycles. The Bertz CT molecular complexity index is 1300. The molecule has 9 heteroatoms. The van der Waals surface area contributed by atoms with Gasteiger partial charge in [-0.25, -0.2) is 18.7 Å². The average molecular weight is 434 g/mol. The van der Waals surface area contributed by atoms with Crippen molar-refractivity contribution in [1.29, 1.82) is 0 Å². The van der Waals surface area contributed by atoms with E-state index in [0.717, 1.165) is 12.1 Å². The molecule has 0 aliphatic heterocycles. The van der Waals surface area contributed by atoms with Crippen LogP contribution < -0.4 is 16.8 Å². The number of nitrogen functional groups attached to an aromatic ring is 2. The molecule has 5 N–H and O–H groups in total. The molecule has 32 heavy (non-hydrogen) atoms. The predicted octanol–water partition coefficient (Wildman–Crippen LogP) is 4.87. The van der Waals surface area contributed by atoms with Crippen molar-refractivity contribution in [2.24, 2.45) is 0 Å². The standard InChI is InChI=1S/C23H17F3N6/c1-12(23-17(27)5-6-18(31-23)22-15(24)3-2-4-16(22)25)30-19-11-29-8-7-14(19)13-9-20(26)32-21(28)10-13/h2-11,30H,1,27H2,(H2,28,32). The summed E-state index contributed by atoms with van der Waals surface area (Å²) in [5, 5.41) is 3.04. The number of benzene rings is 1. The molecule has 0 bridgehead atoms. The number of pyridine rings is 3. The van der Waals surface area contributed by atoms with Crippen LogP contribution in [0.4, 0.5) is 30.4 Å². The molecule has 0 unspecified atom stereocenters. The second-order valence-electron chi connectivity index (χ2n) is 6.86. The number of hydrogen-bond acceptors (Lipinski definition) is 6. The summed E-state index contributed by atoms with van der Waals surface area (Å²) < 4.78 is 42.2. The largest absolute Gasteiger partial charge is 0.397 e. The van der Waals surface area contributed by atoms with Crippen molar-refractivity contribution in [3.63, 3.8) is 0 Å². The number of rotatable bonds is 5. The van der Waals surface area contributed by atoms with Gasteiger partial charge in [-0.15, -0.1) is 0 Å². The molecule has 0 saturated carbocycles. The molecular formula is C23H17F3N6. The van der Waals surface area contributed by atoms with Crippen molar-refractivity contribution in [2.75, 3.05) is 16.8 Å². The van der Waals surface area contributed by atoms with Gasteiger partial charge in [-0.3, -0.25) is 4.98 Å². The Kier molecular flexibility index (Phi) is 5.46. The first kappa shape index (κ1) is 20.9. The van der Waals surface area contributed by atoms with Crippen molar-refractivity contribution < 1.29 is 13.2 Å². The monoisotopic (exact) mass is 434 g/mol. The van der Waals surface area contributed by atoms with Crippen LogP contribution in [0.15, 0.2) is 67.5 Å². The van der Waals surface area contributed by atoms with E-state index in [1.165, 1.54) is 42.7 Å². The highest BCUT2D eigenvalue weighted by Gasteiger charge is 2.16. The van der Waals surface area contributed by atoms with Gasteiger partial charge >= 0.3 is 0 Å². The lowest BCUT2D eigenvalue weighted by Gasteiger charge is -2.16. The highest BCUT2D eigenvalue weighted by atomic mass is 19.1. The zero-order valence-electron chi connectivity index (χ0n) is 16.6. The maximum atomic E-state index is 14.2. The van der Waals surface area contributed by atoms with E-state index in [4.69, 9.17) is 11.5 Å². The molecule has 1 aromatic carbocycles. The zero-order chi connectivity index (χ0) is 22.8. The molecule has 0 radical (unpaired) electrons. The van der Waals surface area contributed by atoms with Crippen molar-refractivity contribution in [3.8, 4) is 22.4 Å². The molecule has 3 aromatic heterocycles. The molecule has 4 rings (SSSR count). The van der Waals surface area contributed by atoms with Gasteiger partial charge in [0.25, 0.3) is 0 Å². The van der Waals surface area contributed by atoms with E-state index in [2.05, 4.69) is 26.8 Å². The first-order valence-corrected chi connectivity index (χ1v) is 9.38. The van der Waals surface area contributed by atoms with Crippen molar-refractivity contribution >= 4 is 22.9 Å². The van der Waals surface area contributed by atoms with E-state index in [0.29, 0.717) is 16.8 Å². The number of nitrogens with two attached hydrogens (primary N) is 2. The van der Waals surface area contributed by atoms with E-state index >= 15 is 0 Å². The molecule has 160 valence electrons. The second-order valence-corrected chi connectivity index (χ2v) is 6.86. The van der Waals surface area contributed by atoms with Crippen LogP contribution in [-0.4, -0.2) is 15.0 Å². The molecule has 0 atom stereocenters. The summed E-state index contributed by atoms with van der Waals surface area (Å²) in [4.78, 5) is 11.9. The smallest absolute Gasteiger partial charge is 0.215 e. The van der Waals surface area contributed by atoms with E-state index in [1.807, 2.05) is 0 Å². The molecular weight excluding hydrogens is 417 g/mol. The molecule has 0 fully saturated rings. The maximum Gasteiger partial charge on any atom is 0.215 e. The van der Waals surface area contributed by atoms with Crippen molar-refractivity contribution in [3.05, 3.63) is 90.8 Å². The van der Waals surface area contributed by atoms with Gasteiger partial charge in [0.15, 0.2) is 0 Å². The summed E-state index contributed by atoms with van der Waals surface area (Å²) in [5.41, 5.74) is 13.7. The fraction of sp³-hybridized carbons (Fsp3) is 0. The van der Waals surface area contributed by atoms with Gasteiger partial charge in [0.05, 0.1) is 34.5 Å². The topological polar surface area (TPSA) is 103 Å². The number of halogens is 3. The third-order valence-electron chi connectivity index (χ3n) is 4.66. The Hall–Kier alpha value is -4.40. The van der Waals surface area contributed by atoms with Crippen LogP contribution >= 0.6 is 0 Å². The highest BCUT2D eigenvalue weighted by molar-refractivity contribution is 5.87. The normalized spacial score (nSPS) is 10.7. The van der Waals surface area contributed by atoms with Crippen LogP contribution in [0.25, 0.3) is 28.1 Å². The van der Waals surface area contributed by atoms with Crippen LogP contribution in [0.3, 0.4) is 0 Å². The van der Waals surface area contributed by atoms with Crippen molar-refractivity contribution in [1.82, 2.24) is 15.0 Å². The minimum absolute atomic E-state index is 0.0205. The van der Waals surface area contributed by atoms with Crippen LogP contribution in [-0.2, 0) is 0 Å². The lowest BCUT2D eigenvalue weighted by atomic mass is 10.1. The third-order valence-corrected chi connectivity index (χ3v) is 4.66. The first-order chi connectivity index (χ1) is 15.3. The Morgan fingerprint density at radius 3 is 2.41 bits per heavy atom. The van der Waals surface area contributed by atoms with Gasteiger partial charge < -0.3 is 16.8 Å². The average Bonchev–Trinajstić information content (AvgIpc) is 2.74. The summed E-state index contributed by atoms with van der Waals surface area (Å²) in [6.07, 6.45) is 3.04. The molecule has 4 aromatic rings. The van der Waals surface area contributed by atoms with Crippen LogP contribution in [0.2, 0.25) is 0 Å². The van der Waals surface area contributed by atoms with E-state index in [1.54, 1.807) is 6.07 Å². The molecule has 6 nitrogen and oxygen atoms in total. The van der Waals surface area contributed by atoms with Gasteiger partial charge in [-0.2, -0.15) is 4.39 Å². The number of nitrogens with zero attached hydrogens (tertiary/aromatic N) is 3. The molecule has 0 aliphatic carbocycles. The molecule has 0 spiro atoms. The first-order valence-electron chi connectivity index (χ1n) is 9.38. The highest BCUT2D eigenvalue weighted by Crippen LogP contribution is 2.32. The zero-order valence-corrected chi connectivity index (χ0v) is 16.6. The number of hydrogen-bond donors (Lipinski definition) is 3. The Morgan fingerprint density at radius 2 is 1.69 bits per heavy atom. The summed E-state index contributed by atoms with van der Waals surface area (Å²) >= 11 is 0. The molecule has 0 amide bonds. The SMILES string of the molecule is C=C(Nc1cnccc1-c1cc(N)nc(F)c1)c1nc(-c2c(F)cccc2F)ccc1N. The summed E-state index contributed by atoms with van der Waals surface area (Å²) in [6, 6.07) is 10.9. The third kappa shape index (κ3) is 4.08. The molecule has 0 aliphatic rings. The number of nitrogens with one attached hydrogen (secondary N) is 1. The van der Waals surface area contributed by atoms with Crippen molar-refractivity contribution in [2.45, 2.75) is 0 Å². The number of anilines is 3. The van der Waals surface area contributed by atoms with Gasteiger partial charge in [0.2, 0.25) is 5.95 Å². The van der Waals surface area contributed by atoms with Crippen LogP contribution in [0.5, 0.6) is 0 Å². The minimum Gasteiger partial charge on any atom is -0.397 e. The lowest BCUT2D eigenvalue weighted by Crippen LogP contribution is -2.06. The minimum atomic E-state index is -0.751. The molecule has 3 heterocycles. The van der Waals surface area contributed by atoms with Gasteiger partial charge in [-0.05, 0) is 42.0 Å². The van der Waals surface area contributed by atoms with Crippen LogP contribution in [0, 0.1) is 17.6 Å². The Balaban J connectivity index is 1.72. The van der Waals surface area contributed by atoms with E-state index < -0.39 is 17.6 Å². The lowest BCUT2D eigenvalue weighted by molar-refractivity contribution is 0.586. The Morgan fingerprint density at radius 1 is 0.938 bits per heavy atom. The maximum absolute atomic E-state index is 14.2. The summed E-state index contributed by atoms with van der Waals surface area (Å²) in [5.74, 6) is -2.21. The number of aromatic nitrogens is 3. The fourth-order valence-electron chi connectivity index (χ4n) is 3.23. The quantitative estimate of drug-likeness (QED) is 0.387. The Labute approximate surface area is 181 Å². The van der Waals surface area contributed by atoms with E-state index in [-0.39, 0.29) is 34.2 Å². The van der Waals surface area contributed by atoms with Crippen LogP contribution in [0.1, 0.15) is 5.69 Å². The second kappa shape index (κ2) is 8.38. The van der Waals surface area contributed by atoms with Gasteiger partial charge in [0, 0.05) is 17.8 Å². The van der Waals surface area contributed by atoms with E-state index in [9.17, 15) is 13.2 Å². The summed E-state index contributed by atoms with van der Waals surface area (Å²) in [6.45, 7) is 3.95.